The summed E-state index contributed by atoms with van der Waals surface area (Å²) >= 11 is 4.70. The quantitative estimate of drug-likeness (QED) is 0.849. The molecule has 7 heteroatoms. The molecule has 1 heterocycles. The van der Waals surface area contributed by atoms with Gasteiger partial charge in [0, 0.05) is 26.5 Å². The zero-order valence-corrected chi connectivity index (χ0v) is 13.3. The van der Waals surface area contributed by atoms with Gasteiger partial charge in [0.2, 0.25) is 0 Å². The van der Waals surface area contributed by atoms with Crippen LogP contribution in [-0.4, -0.2) is 15.5 Å². The Morgan fingerprint density at radius 2 is 2.11 bits per heavy atom. The van der Waals surface area contributed by atoms with Gasteiger partial charge in [-0.1, -0.05) is 0 Å². The molecule has 4 nitrogen and oxygen atoms in total. The van der Waals surface area contributed by atoms with Gasteiger partial charge in [0.15, 0.2) is 9.84 Å². The molecule has 0 aliphatic rings. The van der Waals surface area contributed by atoms with Crippen molar-refractivity contribution in [2.45, 2.75) is 10.6 Å². The van der Waals surface area contributed by atoms with Crippen LogP contribution >= 0.6 is 27.3 Å². The lowest BCUT2D eigenvalue weighted by Gasteiger charge is -2.09. The number of rotatable bonds is 4. The molecule has 0 aliphatic carbocycles. The highest BCUT2D eigenvalue weighted by Gasteiger charge is 2.21. The second-order valence-electron chi connectivity index (χ2n) is 3.90. The lowest BCUT2D eigenvalue weighted by atomic mass is 10.3. The number of nitrogens with two attached hydrogens (primary N) is 1. The zero-order valence-electron chi connectivity index (χ0n) is 10.1. The van der Waals surface area contributed by atoms with Crippen molar-refractivity contribution in [1.82, 2.24) is 0 Å². The molecule has 0 atom stereocenters. The van der Waals surface area contributed by atoms with Crippen molar-refractivity contribution in [3.8, 4) is 5.75 Å². The van der Waals surface area contributed by atoms with E-state index in [0.717, 1.165) is 9.35 Å². The summed E-state index contributed by atoms with van der Waals surface area (Å²) in [7, 11) is -2.02. The van der Waals surface area contributed by atoms with Crippen molar-refractivity contribution < 1.29 is 13.2 Å². The molecule has 1 aromatic carbocycles. The molecule has 0 spiro atoms. The molecule has 0 unspecified atom stereocenters. The van der Waals surface area contributed by atoms with Crippen LogP contribution in [0.5, 0.6) is 5.75 Å². The van der Waals surface area contributed by atoms with Gasteiger partial charge in [0.25, 0.3) is 0 Å². The third-order valence-electron chi connectivity index (χ3n) is 2.48. The first-order valence-corrected chi connectivity index (χ1v) is 8.64. The third-order valence-corrected chi connectivity index (χ3v) is 6.06. The second-order valence-corrected chi connectivity index (χ2v) is 7.77. The molecule has 19 heavy (non-hydrogen) atoms. The average molecular weight is 362 g/mol. The maximum absolute atomic E-state index is 12.4. The van der Waals surface area contributed by atoms with E-state index in [4.69, 9.17) is 10.5 Å². The number of hydrogen-bond donors (Lipinski definition) is 1. The van der Waals surface area contributed by atoms with Gasteiger partial charge >= 0.3 is 0 Å². The van der Waals surface area contributed by atoms with Crippen molar-refractivity contribution in [1.29, 1.82) is 0 Å². The van der Waals surface area contributed by atoms with Crippen LogP contribution in [-0.2, 0) is 15.6 Å². The van der Waals surface area contributed by atoms with E-state index in [9.17, 15) is 8.42 Å². The number of nitrogen functional groups attached to an aromatic ring is 1. The average Bonchev–Trinajstić information content (AvgIpc) is 2.73. The summed E-state index contributed by atoms with van der Waals surface area (Å²) in [6.45, 7) is 0. The van der Waals surface area contributed by atoms with Crippen molar-refractivity contribution in [2.75, 3.05) is 12.8 Å². The predicted octanol–water partition coefficient (Wildman–Crippen LogP) is 3.08. The molecule has 0 amide bonds. The Hall–Kier alpha value is -1.05. The minimum absolute atomic E-state index is 0.0520. The van der Waals surface area contributed by atoms with Gasteiger partial charge in [-0.2, -0.15) is 0 Å². The number of halogens is 1. The first kappa shape index (κ1) is 14.4. The summed E-state index contributed by atoms with van der Waals surface area (Å²) in [5.74, 6) is 0.222. The van der Waals surface area contributed by atoms with Crippen LogP contribution in [0.1, 0.15) is 4.88 Å². The molecule has 1 aromatic heterocycles. The Bertz CT molecular complexity index is 695. The predicted molar refractivity (Wildman–Crippen MR) is 80.3 cm³/mol. The fourth-order valence-electron chi connectivity index (χ4n) is 1.64. The normalized spacial score (nSPS) is 11.5. The van der Waals surface area contributed by atoms with Gasteiger partial charge in [-0.25, -0.2) is 8.42 Å². The molecule has 2 rings (SSSR count). The molecule has 0 saturated carbocycles. The molecule has 0 aliphatic heterocycles. The van der Waals surface area contributed by atoms with Crippen molar-refractivity contribution in [3.63, 3.8) is 0 Å². The van der Waals surface area contributed by atoms with Crippen molar-refractivity contribution in [3.05, 3.63) is 39.0 Å². The van der Waals surface area contributed by atoms with Gasteiger partial charge in [-0.15, -0.1) is 11.3 Å². The summed E-state index contributed by atoms with van der Waals surface area (Å²) in [6, 6.07) is 6.34. The summed E-state index contributed by atoms with van der Waals surface area (Å²) in [5.41, 5.74) is 6.09. The van der Waals surface area contributed by atoms with E-state index < -0.39 is 9.84 Å². The largest absolute Gasteiger partial charge is 0.495 e. The molecular weight excluding hydrogens is 350 g/mol. The number of benzene rings is 1. The number of anilines is 1. The Kier molecular flexibility index (Phi) is 4.17. The van der Waals surface area contributed by atoms with Crippen LogP contribution in [0.4, 0.5) is 5.69 Å². The summed E-state index contributed by atoms with van der Waals surface area (Å²) in [6.07, 6.45) is 0. The maximum Gasteiger partial charge on any atom is 0.186 e. The van der Waals surface area contributed by atoms with E-state index in [1.165, 1.54) is 30.6 Å². The van der Waals surface area contributed by atoms with Crippen LogP contribution in [0.25, 0.3) is 0 Å². The van der Waals surface area contributed by atoms with E-state index in [2.05, 4.69) is 15.9 Å². The van der Waals surface area contributed by atoms with Crippen molar-refractivity contribution >= 4 is 42.8 Å². The smallest absolute Gasteiger partial charge is 0.186 e. The van der Waals surface area contributed by atoms with Crippen LogP contribution in [0.2, 0.25) is 0 Å². The Morgan fingerprint density at radius 1 is 1.37 bits per heavy atom. The highest BCUT2D eigenvalue weighted by molar-refractivity contribution is 9.10. The lowest BCUT2D eigenvalue weighted by Crippen LogP contribution is -2.06. The molecule has 0 bridgehead atoms. The fraction of sp³-hybridized carbons (Fsp3) is 0.167. The number of thiophene rings is 1. The van der Waals surface area contributed by atoms with Gasteiger partial charge in [-0.05, 0) is 34.1 Å². The van der Waals surface area contributed by atoms with Gasteiger partial charge in [0.05, 0.1) is 12.9 Å². The molecular formula is C12H12BrNO3S2. The summed E-state index contributed by atoms with van der Waals surface area (Å²) < 4.78 is 30.7. The summed E-state index contributed by atoms with van der Waals surface area (Å²) in [4.78, 5) is 0.930. The van der Waals surface area contributed by atoms with E-state index in [1.54, 1.807) is 12.1 Å². The maximum atomic E-state index is 12.4. The lowest BCUT2D eigenvalue weighted by molar-refractivity contribution is 0.403. The Labute approximate surface area is 124 Å². The number of methoxy groups -OCH3 is 1. The van der Waals surface area contributed by atoms with E-state index in [0.29, 0.717) is 5.69 Å². The first-order chi connectivity index (χ1) is 8.92. The highest BCUT2D eigenvalue weighted by atomic mass is 79.9. The molecule has 0 radical (unpaired) electrons. The Balaban J connectivity index is 2.39. The highest BCUT2D eigenvalue weighted by Crippen LogP contribution is 2.30. The molecule has 0 saturated heterocycles. The summed E-state index contributed by atoms with van der Waals surface area (Å²) in [5, 5.41) is 1.85. The number of hydrogen-bond acceptors (Lipinski definition) is 5. The fourth-order valence-corrected chi connectivity index (χ4v) is 4.95. The minimum Gasteiger partial charge on any atom is -0.495 e. The van der Waals surface area contributed by atoms with Crippen LogP contribution in [0, 0.1) is 0 Å². The first-order valence-electron chi connectivity index (χ1n) is 5.31. The molecule has 0 fully saturated rings. The van der Waals surface area contributed by atoms with E-state index in [1.807, 2.05) is 5.38 Å². The number of ether oxygens (including phenoxy) is 1. The van der Waals surface area contributed by atoms with Crippen LogP contribution < -0.4 is 10.5 Å². The van der Waals surface area contributed by atoms with Gasteiger partial charge in [-0.3, -0.25) is 0 Å². The van der Waals surface area contributed by atoms with Gasteiger partial charge < -0.3 is 10.5 Å². The zero-order chi connectivity index (χ0) is 14.0. The molecule has 2 N–H and O–H groups in total. The van der Waals surface area contributed by atoms with Crippen LogP contribution in [0.3, 0.4) is 0 Å². The van der Waals surface area contributed by atoms with E-state index >= 15 is 0 Å². The Morgan fingerprint density at radius 3 is 2.68 bits per heavy atom. The number of sulfone groups is 1. The third kappa shape index (κ3) is 3.29. The topological polar surface area (TPSA) is 69.4 Å². The van der Waals surface area contributed by atoms with Gasteiger partial charge in [0.1, 0.15) is 10.6 Å². The molecule has 2 aromatic rings. The monoisotopic (exact) mass is 361 g/mol. The van der Waals surface area contributed by atoms with Crippen LogP contribution in [0.15, 0.2) is 39.0 Å². The van der Waals surface area contributed by atoms with E-state index in [-0.39, 0.29) is 16.4 Å². The standard InChI is InChI=1S/C12H12BrNO3S2/c1-17-11-5-9(14)2-3-12(11)19(15,16)7-10-4-8(13)6-18-10/h2-6H,7,14H2,1H3. The van der Waals surface area contributed by atoms with Crippen molar-refractivity contribution in [2.24, 2.45) is 0 Å². The minimum atomic E-state index is -3.45. The molecule has 102 valence electrons. The second kappa shape index (κ2) is 5.52. The SMILES string of the molecule is COc1cc(N)ccc1S(=O)(=O)Cc1cc(Br)cs1.